The van der Waals surface area contributed by atoms with E-state index >= 15 is 0 Å². The Balaban J connectivity index is 2.25. The molecule has 0 aliphatic rings. The van der Waals surface area contributed by atoms with Gasteiger partial charge in [0, 0.05) is 25.1 Å². The van der Waals surface area contributed by atoms with Gasteiger partial charge in [0.2, 0.25) is 0 Å². The molecule has 1 aromatic heterocycles. The van der Waals surface area contributed by atoms with Crippen molar-refractivity contribution >= 4 is 11.6 Å². The molecule has 110 valence electrons. The molecule has 0 aliphatic heterocycles. The number of methoxy groups -OCH3 is 1. The predicted octanol–water partition coefficient (Wildman–Crippen LogP) is 1.94. The molecule has 0 saturated heterocycles. The first-order valence-corrected chi connectivity index (χ1v) is 6.33. The Morgan fingerprint density at radius 3 is 2.57 bits per heavy atom. The largest absolute Gasteiger partial charge is 0.457 e. The third-order valence-corrected chi connectivity index (χ3v) is 2.99. The van der Waals surface area contributed by atoms with Gasteiger partial charge in [-0.25, -0.2) is 0 Å². The Kier molecular flexibility index (Phi) is 4.39. The molecule has 1 atom stereocenters. The van der Waals surface area contributed by atoms with Gasteiger partial charge in [0.05, 0.1) is 5.69 Å². The molecule has 0 aliphatic carbocycles. The summed E-state index contributed by atoms with van der Waals surface area (Å²) in [7, 11) is 1.40. The minimum atomic E-state index is -0.901. The maximum absolute atomic E-state index is 11.3. The maximum atomic E-state index is 11.3. The molecule has 1 heterocycles. The fourth-order valence-electron chi connectivity index (χ4n) is 1.87. The lowest BCUT2D eigenvalue weighted by atomic mass is 10.2. The molecule has 1 aromatic carbocycles. The lowest BCUT2D eigenvalue weighted by Crippen LogP contribution is -2.23. The molecule has 1 amide bonds. The number of ether oxygens (including phenoxy) is 2. The van der Waals surface area contributed by atoms with Gasteiger partial charge in [0.15, 0.2) is 6.10 Å². The molecule has 1 unspecified atom stereocenters. The van der Waals surface area contributed by atoms with Gasteiger partial charge in [-0.1, -0.05) is 0 Å². The van der Waals surface area contributed by atoms with Crippen molar-refractivity contribution in [2.75, 3.05) is 12.8 Å². The average molecular weight is 287 g/mol. The number of aromatic nitrogens is 1. The third-order valence-electron chi connectivity index (χ3n) is 2.99. The quantitative estimate of drug-likeness (QED) is 0.818. The van der Waals surface area contributed by atoms with E-state index in [-0.39, 0.29) is 0 Å². The van der Waals surface area contributed by atoms with Gasteiger partial charge in [-0.05, 0) is 36.8 Å². The van der Waals surface area contributed by atoms with Gasteiger partial charge in [-0.2, -0.15) is 0 Å². The number of pyridine rings is 1. The number of nitrogens with two attached hydrogens (primary N) is 2. The van der Waals surface area contributed by atoms with Crippen LogP contribution in [0.5, 0.6) is 11.5 Å². The molecule has 0 saturated carbocycles. The molecule has 2 aromatic rings. The summed E-state index contributed by atoms with van der Waals surface area (Å²) in [4.78, 5) is 15.4. The Morgan fingerprint density at radius 1 is 1.24 bits per heavy atom. The van der Waals surface area contributed by atoms with Crippen LogP contribution >= 0.6 is 0 Å². The van der Waals surface area contributed by atoms with Crippen LogP contribution in [0.25, 0.3) is 0 Å². The van der Waals surface area contributed by atoms with Crippen molar-refractivity contribution in [1.29, 1.82) is 0 Å². The van der Waals surface area contributed by atoms with E-state index in [1.807, 2.05) is 13.0 Å². The van der Waals surface area contributed by atoms with Crippen molar-refractivity contribution in [3.63, 3.8) is 0 Å². The number of amides is 1. The number of hydrogen-bond donors (Lipinski definition) is 2. The van der Waals surface area contributed by atoms with E-state index in [1.165, 1.54) is 13.3 Å². The number of aryl methyl sites for hydroxylation is 1. The molecule has 0 spiro atoms. The van der Waals surface area contributed by atoms with Gasteiger partial charge in [-0.3, -0.25) is 9.78 Å². The minimum absolute atomic E-state index is 0.398. The lowest BCUT2D eigenvalue weighted by molar-refractivity contribution is -0.128. The van der Waals surface area contributed by atoms with Crippen LogP contribution in [0.15, 0.2) is 36.5 Å². The summed E-state index contributed by atoms with van der Waals surface area (Å²) in [6.07, 6.45) is 0.630. The first kappa shape index (κ1) is 14.8. The highest BCUT2D eigenvalue weighted by Gasteiger charge is 2.19. The van der Waals surface area contributed by atoms with E-state index in [2.05, 4.69) is 4.98 Å². The van der Waals surface area contributed by atoms with Crippen molar-refractivity contribution in [2.24, 2.45) is 5.73 Å². The van der Waals surface area contributed by atoms with Gasteiger partial charge in [0.25, 0.3) is 5.91 Å². The summed E-state index contributed by atoms with van der Waals surface area (Å²) in [5, 5.41) is 0. The normalized spacial score (nSPS) is 11.9. The number of primary amides is 1. The van der Waals surface area contributed by atoms with Crippen molar-refractivity contribution in [3.05, 3.63) is 47.8 Å². The Labute approximate surface area is 122 Å². The second kappa shape index (κ2) is 6.23. The van der Waals surface area contributed by atoms with Gasteiger partial charge in [0.1, 0.15) is 11.5 Å². The molecule has 0 fully saturated rings. The highest BCUT2D eigenvalue weighted by Crippen LogP contribution is 2.26. The molecule has 6 nitrogen and oxygen atoms in total. The smallest absolute Gasteiger partial charge is 0.252 e. The van der Waals surface area contributed by atoms with E-state index in [9.17, 15) is 4.79 Å². The average Bonchev–Trinajstić information content (AvgIpc) is 2.44. The number of rotatable bonds is 5. The molecule has 0 bridgehead atoms. The van der Waals surface area contributed by atoms with Crippen LogP contribution in [0.1, 0.15) is 17.4 Å². The van der Waals surface area contributed by atoms with Crippen LogP contribution in [0.2, 0.25) is 0 Å². The zero-order chi connectivity index (χ0) is 15.4. The number of nitrogen functional groups attached to an aromatic ring is 1. The monoisotopic (exact) mass is 287 g/mol. The predicted molar refractivity (Wildman–Crippen MR) is 78.8 cm³/mol. The zero-order valence-corrected chi connectivity index (χ0v) is 11.9. The van der Waals surface area contributed by atoms with Crippen LogP contribution in [0, 0.1) is 6.92 Å². The van der Waals surface area contributed by atoms with Crippen LogP contribution in [0.3, 0.4) is 0 Å². The van der Waals surface area contributed by atoms with Crippen LogP contribution < -0.4 is 16.2 Å². The topological polar surface area (TPSA) is 100 Å². The number of carbonyl (C=O) groups excluding carboxylic acids is 1. The second-order valence-electron chi connectivity index (χ2n) is 4.55. The highest BCUT2D eigenvalue weighted by atomic mass is 16.5. The Bertz CT molecular complexity index is 658. The van der Waals surface area contributed by atoms with Crippen molar-refractivity contribution in [1.82, 2.24) is 4.98 Å². The number of hydrogen-bond acceptors (Lipinski definition) is 5. The molecule has 2 rings (SSSR count). The summed E-state index contributed by atoms with van der Waals surface area (Å²) < 4.78 is 10.8. The standard InChI is InChI=1S/C15H17N3O3/c1-9-7-10(3-4-12(9)16)21-11-5-6-18-13(8-11)14(20-2)15(17)19/h3-8,14H,16H2,1-2H3,(H2,17,19). The van der Waals surface area contributed by atoms with Crippen LogP contribution in [0.4, 0.5) is 5.69 Å². The molecular formula is C15H17N3O3. The number of carbonyl (C=O) groups is 1. The third kappa shape index (κ3) is 3.49. The Hall–Kier alpha value is -2.60. The van der Waals surface area contributed by atoms with Gasteiger partial charge in [-0.15, -0.1) is 0 Å². The lowest BCUT2D eigenvalue weighted by Gasteiger charge is -2.12. The van der Waals surface area contributed by atoms with E-state index in [4.69, 9.17) is 20.9 Å². The second-order valence-corrected chi connectivity index (χ2v) is 4.55. The van der Waals surface area contributed by atoms with Crippen molar-refractivity contribution in [2.45, 2.75) is 13.0 Å². The minimum Gasteiger partial charge on any atom is -0.457 e. The Morgan fingerprint density at radius 2 is 1.95 bits per heavy atom. The fraction of sp³-hybridized carbons (Fsp3) is 0.200. The zero-order valence-electron chi connectivity index (χ0n) is 11.9. The summed E-state index contributed by atoms with van der Waals surface area (Å²) in [6, 6.07) is 8.67. The van der Waals surface area contributed by atoms with Crippen LogP contribution in [-0.2, 0) is 9.53 Å². The van der Waals surface area contributed by atoms with Gasteiger partial charge >= 0.3 is 0 Å². The number of anilines is 1. The molecule has 21 heavy (non-hydrogen) atoms. The summed E-state index contributed by atoms with van der Waals surface area (Å²) in [5.74, 6) is 0.574. The van der Waals surface area contributed by atoms with Gasteiger partial charge < -0.3 is 20.9 Å². The molecular weight excluding hydrogens is 270 g/mol. The van der Waals surface area contributed by atoms with E-state index in [1.54, 1.807) is 24.3 Å². The first-order chi connectivity index (χ1) is 10.0. The molecule has 0 radical (unpaired) electrons. The van der Waals surface area contributed by atoms with E-state index in [0.29, 0.717) is 22.9 Å². The molecule has 6 heteroatoms. The number of benzene rings is 1. The summed E-state index contributed by atoms with van der Waals surface area (Å²) >= 11 is 0. The number of nitrogens with zero attached hydrogens (tertiary/aromatic N) is 1. The van der Waals surface area contributed by atoms with E-state index < -0.39 is 12.0 Å². The summed E-state index contributed by atoms with van der Waals surface area (Å²) in [6.45, 7) is 1.90. The SMILES string of the molecule is COC(C(N)=O)c1cc(Oc2ccc(N)c(C)c2)ccn1. The fourth-order valence-corrected chi connectivity index (χ4v) is 1.87. The molecule has 4 N–H and O–H groups in total. The van der Waals surface area contributed by atoms with Crippen LogP contribution in [-0.4, -0.2) is 18.0 Å². The highest BCUT2D eigenvalue weighted by molar-refractivity contribution is 5.80. The van der Waals surface area contributed by atoms with Crippen molar-refractivity contribution in [3.8, 4) is 11.5 Å². The maximum Gasteiger partial charge on any atom is 0.252 e. The summed E-state index contributed by atoms with van der Waals surface area (Å²) in [5.41, 5.74) is 13.0. The van der Waals surface area contributed by atoms with E-state index in [0.717, 1.165) is 5.56 Å². The van der Waals surface area contributed by atoms with Crippen molar-refractivity contribution < 1.29 is 14.3 Å². The first-order valence-electron chi connectivity index (χ1n) is 6.33.